The maximum absolute atomic E-state index is 11.9. The lowest BCUT2D eigenvalue weighted by atomic mass is 9.33. The Morgan fingerprint density at radius 1 is 0.939 bits per heavy atom. The number of rotatable bonds is 2. The molecular formula is C32H50O. The van der Waals surface area contributed by atoms with Crippen molar-refractivity contribution in [1.29, 1.82) is 0 Å². The molecule has 0 aliphatic heterocycles. The van der Waals surface area contributed by atoms with Crippen LogP contribution in [0.4, 0.5) is 0 Å². The van der Waals surface area contributed by atoms with Crippen molar-refractivity contribution in [2.24, 2.45) is 50.2 Å². The van der Waals surface area contributed by atoms with Crippen LogP contribution in [0.25, 0.3) is 0 Å². The standard InChI is InChI=1S/C32H50O/c1-22-11-13-29(6)25(28(22,4)5)12-14-31(8)26(29)10-9-23-24-21-27(2,3)15-17-32(24,19-20-33)18-16-30(23,31)7/h9,20,24-26H,1,10-19,21H2,2-8H3/t24?,25-,26?,29-,30+,31+,32+/m0/s1. The average Bonchev–Trinajstić information content (AvgIpc) is 2.72. The minimum atomic E-state index is 0.234. The summed E-state index contributed by atoms with van der Waals surface area (Å²) in [4.78, 5) is 11.9. The third-order valence-electron chi connectivity index (χ3n) is 13.3. The van der Waals surface area contributed by atoms with Crippen molar-refractivity contribution in [3.8, 4) is 0 Å². The van der Waals surface area contributed by atoms with Crippen LogP contribution in [-0.2, 0) is 4.79 Å². The highest BCUT2D eigenvalue weighted by molar-refractivity contribution is 5.52. The summed E-state index contributed by atoms with van der Waals surface area (Å²) in [5.74, 6) is 2.13. The van der Waals surface area contributed by atoms with E-state index in [1.165, 1.54) is 76.1 Å². The van der Waals surface area contributed by atoms with E-state index in [1.54, 1.807) is 5.57 Å². The third kappa shape index (κ3) is 2.99. The van der Waals surface area contributed by atoms with E-state index in [2.05, 4.69) is 61.1 Å². The summed E-state index contributed by atoms with van der Waals surface area (Å²) < 4.78 is 0. The van der Waals surface area contributed by atoms with Crippen molar-refractivity contribution in [3.63, 3.8) is 0 Å². The summed E-state index contributed by atoms with van der Waals surface area (Å²) in [6, 6.07) is 0. The summed E-state index contributed by atoms with van der Waals surface area (Å²) in [5, 5.41) is 0. The fraction of sp³-hybridized carbons (Fsp3) is 0.844. The predicted molar refractivity (Wildman–Crippen MR) is 139 cm³/mol. The Labute approximate surface area is 204 Å². The molecule has 0 heterocycles. The van der Waals surface area contributed by atoms with E-state index in [0.717, 1.165) is 18.3 Å². The van der Waals surface area contributed by atoms with Crippen molar-refractivity contribution >= 4 is 6.29 Å². The number of fused-ring (bicyclic) bond motifs is 7. The van der Waals surface area contributed by atoms with Crippen LogP contribution >= 0.6 is 0 Å². The molecule has 4 saturated carbocycles. The Kier molecular flexibility index (Phi) is 5.14. The van der Waals surface area contributed by atoms with Gasteiger partial charge in [0.2, 0.25) is 0 Å². The smallest absolute Gasteiger partial charge is 0.120 e. The Morgan fingerprint density at radius 3 is 2.33 bits per heavy atom. The van der Waals surface area contributed by atoms with E-state index in [9.17, 15) is 4.79 Å². The van der Waals surface area contributed by atoms with Crippen LogP contribution < -0.4 is 0 Å². The predicted octanol–water partition coefficient (Wildman–Crippen LogP) is 8.93. The third-order valence-corrected chi connectivity index (χ3v) is 13.3. The van der Waals surface area contributed by atoms with Gasteiger partial charge in [0.15, 0.2) is 0 Å². The Bertz CT molecular complexity index is 890. The SMILES string of the molecule is C=C1CC[C@]2(C)C3CC=C4C5CC(C)(C)CC[C@]5(CC=O)CC[C@@]4(C)[C@]3(C)CC[C@H]2C1(C)C. The van der Waals surface area contributed by atoms with Gasteiger partial charge in [-0.2, -0.15) is 0 Å². The van der Waals surface area contributed by atoms with E-state index in [-0.39, 0.29) is 16.2 Å². The lowest BCUT2D eigenvalue weighted by molar-refractivity contribution is -0.171. The molecule has 5 aliphatic rings. The van der Waals surface area contributed by atoms with Gasteiger partial charge in [-0.3, -0.25) is 0 Å². The maximum atomic E-state index is 11.9. The fourth-order valence-electron chi connectivity index (χ4n) is 10.8. The summed E-state index contributed by atoms with van der Waals surface area (Å²) in [6.45, 7) is 22.5. The molecule has 0 aromatic carbocycles. The highest BCUT2D eigenvalue weighted by atomic mass is 16.1. The molecule has 5 aliphatic carbocycles. The number of hydrogen-bond acceptors (Lipinski definition) is 1. The monoisotopic (exact) mass is 450 g/mol. The van der Waals surface area contributed by atoms with E-state index in [1.807, 2.05) is 0 Å². The molecule has 5 rings (SSSR count). The van der Waals surface area contributed by atoms with Gasteiger partial charge in [0, 0.05) is 6.42 Å². The molecule has 1 nitrogen and oxygen atoms in total. The zero-order chi connectivity index (χ0) is 24.1. The van der Waals surface area contributed by atoms with Crippen molar-refractivity contribution in [2.45, 2.75) is 119 Å². The van der Waals surface area contributed by atoms with Gasteiger partial charge < -0.3 is 4.79 Å². The summed E-state index contributed by atoms with van der Waals surface area (Å²) >= 11 is 0. The quantitative estimate of drug-likeness (QED) is 0.303. The van der Waals surface area contributed by atoms with Gasteiger partial charge in [0.25, 0.3) is 0 Å². The zero-order valence-corrected chi connectivity index (χ0v) is 22.8. The molecule has 33 heavy (non-hydrogen) atoms. The van der Waals surface area contributed by atoms with Crippen LogP contribution in [0.1, 0.15) is 119 Å². The van der Waals surface area contributed by atoms with E-state index >= 15 is 0 Å². The van der Waals surface area contributed by atoms with Crippen molar-refractivity contribution in [1.82, 2.24) is 0 Å². The number of hydrogen-bond donors (Lipinski definition) is 0. The molecule has 0 spiro atoms. The van der Waals surface area contributed by atoms with E-state index < -0.39 is 0 Å². The lowest BCUT2D eigenvalue weighted by Crippen LogP contribution is -2.63. The van der Waals surface area contributed by atoms with E-state index in [0.29, 0.717) is 22.2 Å². The molecule has 0 aromatic heterocycles. The lowest BCUT2D eigenvalue weighted by Gasteiger charge is -2.71. The second-order valence-corrected chi connectivity index (χ2v) is 15.3. The second-order valence-electron chi connectivity index (χ2n) is 15.3. The summed E-state index contributed by atoms with van der Waals surface area (Å²) in [5.41, 5.74) is 5.22. The van der Waals surface area contributed by atoms with Crippen LogP contribution in [0.5, 0.6) is 0 Å². The Hall–Kier alpha value is -0.850. The maximum Gasteiger partial charge on any atom is 0.120 e. The van der Waals surface area contributed by atoms with Crippen LogP contribution in [-0.4, -0.2) is 6.29 Å². The van der Waals surface area contributed by atoms with Gasteiger partial charge in [-0.1, -0.05) is 72.3 Å². The molecule has 0 bridgehead atoms. The van der Waals surface area contributed by atoms with Crippen LogP contribution in [0.2, 0.25) is 0 Å². The van der Waals surface area contributed by atoms with Gasteiger partial charge in [-0.05, 0) is 114 Å². The first-order valence-corrected chi connectivity index (χ1v) is 14.1. The summed E-state index contributed by atoms with van der Waals surface area (Å²) in [7, 11) is 0. The van der Waals surface area contributed by atoms with Crippen molar-refractivity contribution < 1.29 is 4.79 Å². The fourth-order valence-corrected chi connectivity index (χ4v) is 10.8. The number of carbonyl (C=O) groups excluding carboxylic acids is 1. The van der Waals surface area contributed by atoms with E-state index in [4.69, 9.17) is 0 Å². The number of aldehydes is 1. The molecule has 184 valence electrons. The first kappa shape index (κ1) is 23.9. The molecule has 4 fully saturated rings. The normalized spacial score (nSPS) is 50.2. The van der Waals surface area contributed by atoms with Gasteiger partial charge in [-0.15, -0.1) is 0 Å². The topological polar surface area (TPSA) is 17.1 Å². The molecule has 1 heteroatoms. The van der Waals surface area contributed by atoms with Gasteiger partial charge >= 0.3 is 0 Å². The largest absolute Gasteiger partial charge is 0.303 e. The minimum Gasteiger partial charge on any atom is -0.303 e. The molecule has 0 radical (unpaired) electrons. The van der Waals surface area contributed by atoms with Crippen LogP contribution in [0.15, 0.2) is 23.8 Å². The Balaban J connectivity index is 1.59. The van der Waals surface area contributed by atoms with Crippen LogP contribution in [0.3, 0.4) is 0 Å². The highest BCUT2D eigenvalue weighted by Gasteiger charge is 2.67. The first-order chi connectivity index (χ1) is 15.3. The van der Waals surface area contributed by atoms with Gasteiger partial charge in [0.1, 0.15) is 6.29 Å². The van der Waals surface area contributed by atoms with Crippen LogP contribution in [0, 0.1) is 50.2 Å². The second kappa shape index (κ2) is 7.10. The zero-order valence-electron chi connectivity index (χ0n) is 22.8. The molecule has 0 saturated heterocycles. The number of carbonyl (C=O) groups is 1. The minimum absolute atomic E-state index is 0.234. The summed E-state index contributed by atoms with van der Waals surface area (Å²) in [6.07, 6.45) is 17.6. The molecule has 0 aromatic rings. The highest BCUT2D eigenvalue weighted by Crippen LogP contribution is 2.76. The average molecular weight is 451 g/mol. The van der Waals surface area contributed by atoms with Gasteiger partial charge in [-0.25, -0.2) is 0 Å². The molecule has 7 atom stereocenters. The van der Waals surface area contributed by atoms with Gasteiger partial charge in [0.05, 0.1) is 0 Å². The van der Waals surface area contributed by atoms with Crippen molar-refractivity contribution in [3.05, 3.63) is 23.8 Å². The van der Waals surface area contributed by atoms with Crippen molar-refractivity contribution in [2.75, 3.05) is 0 Å². The Morgan fingerprint density at radius 2 is 1.64 bits per heavy atom. The molecule has 2 unspecified atom stereocenters. The molecule has 0 N–H and O–H groups in total. The first-order valence-electron chi connectivity index (χ1n) is 14.1. The molecule has 0 amide bonds. The molecular weight excluding hydrogens is 400 g/mol. The number of allylic oxidation sites excluding steroid dienone is 3.